The summed E-state index contributed by atoms with van der Waals surface area (Å²) in [6.45, 7) is 0. The number of ether oxygens (including phenoxy) is 1. The first-order chi connectivity index (χ1) is 5.77. The molecule has 12 heavy (non-hydrogen) atoms. The molecule has 1 aliphatic heterocycles. The second kappa shape index (κ2) is 2.41. The Morgan fingerprint density at radius 3 is 3.08 bits per heavy atom. The highest BCUT2D eigenvalue weighted by Crippen LogP contribution is 2.21. The second-order valence-electron chi connectivity index (χ2n) is 2.61. The number of hydrogen-bond acceptors (Lipinski definition) is 4. The number of amidine groups is 1. The van der Waals surface area contributed by atoms with Crippen LogP contribution in [0.4, 0.5) is 0 Å². The standard InChI is InChI=1S/C8H9N3O/c9-6-2-1-3-7-5(6)4-12-8(10)11-7/h1-4,7H,9H2,(H2,10,11). The number of aliphatic imine (C=N–C) groups is 1. The monoisotopic (exact) mass is 163 g/mol. The van der Waals surface area contributed by atoms with Gasteiger partial charge in [0.2, 0.25) is 0 Å². The number of rotatable bonds is 0. The molecule has 0 saturated heterocycles. The van der Waals surface area contributed by atoms with Gasteiger partial charge in [0.1, 0.15) is 12.3 Å². The number of nitrogens with zero attached hydrogens (tertiary/aromatic N) is 1. The number of hydrogen-bond donors (Lipinski definition) is 2. The van der Waals surface area contributed by atoms with Crippen molar-refractivity contribution in [1.29, 1.82) is 0 Å². The van der Waals surface area contributed by atoms with E-state index in [0.717, 1.165) is 5.57 Å². The maximum atomic E-state index is 5.69. The highest BCUT2D eigenvalue weighted by Gasteiger charge is 2.19. The van der Waals surface area contributed by atoms with Crippen LogP contribution in [0, 0.1) is 0 Å². The van der Waals surface area contributed by atoms with Crippen molar-refractivity contribution in [1.82, 2.24) is 0 Å². The lowest BCUT2D eigenvalue weighted by molar-refractivity contribution is 0.439. The second-order valence-corrected chi connectivity index (χ2v) is 2.61. The van der Waals surface area contributed by atoms with Gasteiger partial charge in [0.25, 0.3) is 6.02 Å². The van der Waals surface area contributed by atoms with E-state index in [0.29, 0.717) is 5.70 Å². The largest absolute Gasteiger partial charge is 0.434 e. The molecule has 0 saturated carbocycles. The fourth-order valence-electron chi connectivity index (χ4n) is 1.18. The van der Waals surface area contributed by atoms with Crippen LogP contribution in [0.3, 0.4) is 0 Å². The van der Waals surface area contributed by atoms with E-state index in [2.05, 4.69) is 4.99 Å². The average Bonchev–Trinajstić information content (AvgIpc) is 2.04. The first-order valence-corrected chi connectivity index (χ1v) is 3.62. The van der Waals surface area contributed by atoms with Crippen LogP contribution in [0.2, 0.25) is 0 Å². The molecule has 62 valence electrons. The molecule has 0 spiro atoms. The first-order valence-electron chi connectivity index (χ1n) is 3.62. The van der Waals surface area contributed by atoms with E-state index in [4.69, 9.17) is 16.2 Å². The molecule has 1 unspecified atom stereocenters. The van der Waals surface area contributed by atoms with Gasteiger partial charge >= 0.3 is 0 Å². The topological polar surface area (TPSA) is 73.6 Å². The summed E-state index contributed by atoms with van der Waals surface area (Å²) in [5.41, 5.74) is 12.6. The fourth-order valence-corrected chi connectivity index (χ4v) is 1.18. The molecule has 0 bridgehead atoms. The zero-order valence-electron chi connectivity index (χ0n) is 6.40. The minimum Gasteiger partial charge on any atom is -0.434 e. The maximum Gasteiger partial charge on any atom is 0.287 e. The Kier molecular flexibility index (Phi) is 1.40. The lowest BCUT2D eigenvalue weighted by Gasteiger charge is -2.20. The van der Waals surface area contributed by atoms with Gasteiger partial charge in [-0.15, -0.1) is 0 Å². The van der Waals surface area contributed by atoms with Crippen molar-refractivity contribution in [3.8, 4) is 0 Å². The fraction of sp³-hybridized carbons (Fsp3) is 0.125. The van der Waals surface area contributed by atoms with Crippen LogP contribution >= 0.6 is 0 Å². The lowest BCUT2D eigenvalue weighted by Crippen LogP contribution is -2.26. The predicted octanol–water partition coefficient (Wildman–Crippen LogP) is -0.00380. The molecule has 2 aliphatic rings. The van der Waals surface area contributed by atoms with Gasteiger partial charge < -0.3 is 16.2 Å². The zero-order valence-corrected chi connectivity index (χ0v) is 6.40. The summed E-state index contributed by atoms with van der Waals surface area (Å²) in [5, 5.41) is 0. The van der Waals surface area contributed by atoms with Gasteiger partial charge in [-0.25, -0.2) is 4.99 Å². The Bertz CT molecular complexity index is 325. The third-order valence-corrected chi connectivity index (χ3v) is 1.79. The minimum atomic E-state index is -0.0660. The molecule has 4 N–H and O–H groups in total. The summed E-state index contributed by atoms with van der Waals surface area (Å²) in [6, 6.07) is 0.117. The van der Waals surface area contributed by atoms with Crippen LogP contribution in [0.25, 0.3) is 0 Å². The van der Waals surface area contributed by atoms with E-state index in [9.17, 15) is 0 Å². The predicted molar refractivity (Wildman–Crippen MR) is 46.0 cm³/mol. The molecule has 2 rings (SSSR count). The molecule has 1 aliphatic carbocycles. The summed E-state index contributed by atoms with van der Waals surface area (Å²) in [5.74, 6) is 0. The summed E-state index contributed by atoms with van der Waals surface area (Å²) >= 11 is 0. The van der Waals surface area contributed by atoms with Crippen molar-refractivity contribution in [3.05, 3.63) is 35.8 Å². The molecule has 1 atom stereocenters. The Balaban J connectivity index is 2.36. The molecule has 4 heteroatoms. The third kappa shape index (κ3) is 0.972. The Hall–Kier alpha value is -1.71. The molecule has 0 amide bonds. The van der Waals surface area contributed by atoms with Gasteiger partial charge in [-0.1, -0.05) is 12.2 Å². The highest BCUT2D eigenvalue weighted by molar-refractivity contribution is 5.74. The summed E-state index contributed by atoms with van der Waals surface area (Å²) in [7, 11) is 0. The van der Waals surface area contributed by atoms with Crippen molar-refractivity contribution >= 4 is 6.02 Å². The summed E-state index contributed by atoms with van der Waals surface area (Å²) in [4.78, 5) is 4.05. The molecular formula is C8H9N3O. The maximum absolute atomic E-state index is 5.69. The van der Waals surface area contributed by atoms with Gasteiger partial charge in [-0.3, -0.25) is 0 Å². The van der Waals surface area contributed by atoms with Crippen molar-refractivity contribution in [2.24, 2.45) is 16.5 Å². The lowest BCUT2D eigenvalue weighted by atomic mass is 10.0. The van der Waals surface area contributed by atoms with Crippen molar-refractivity contribution in [2.45, 2.75) is 6.04 Å². The van der Waals surface area contributed by atoms with E-state index >= 15 is 0 Å². The molecule has 0 fully saturated rings. The molecule has 0 aromatic rings. The van der Waals surface area contributed by atoms with E-state index in [1.54, 1.807) is 6.26 Å². The van der Waals surface area contributed by atoms with Crippen molar-refractivity contribution < 1.29 is 4.74 Å². The van der Waals surface area contributed by atoms with Gasteiger partial charge in [0.15, 0.2) is 0 Å². The zero-order chi connectivity index (χ0) is 8.55. The number of fused-ring (bicyclic) bond motifs is 1. The first kappa shape index (κ1) is 6.97. The Morgan fingerprint density at radius 1 is 1.42 bits per heavy atom. The van der Waals surface area contributed by atoms with E-state index < -0.39 is 0 Å². The molecule has 0 radical (unpaired) electrons. The van der Waals surface area contributed by atoms with E-state index in [1.165, 1.54) is 0 Å². The van der Waals surface area contributed by atoms with Crippen LogP contribution in [0.15, 0.2) is 40.8 Å². The average molecular weight is 163 g/mol. The highest BCUT2D eigenvalue weighted by atomic mass is 16.5. The van der Waals surface area contributed by atoms with Gasteiger partial charge in [-0.2, -0.15) is 0 Å². The Morgan fingerprint density at radius 2 is 2.25 bits per heavy atom. The van der Waals surface area contributed by atoms with Gasteiger partial charge in [0.05, 0.1) is 0 Å². The minimum absolute atomic E-state index is 0.0660. The summed E-state index contributed by atoms with van der Waals surface area (Å²) < 4.78 is 4.93. The van der Waals surface area contributed by atoms with Crippen LogP contribution in [-0.2, 0) is 4.74 Å². The quantitative estimate of drug-likeness (QED) is 0.527. The molecule has 0 aromatic heterocycles. The van der Waals surface area contributed by atoms with Gasteiger partial charge in [-0.05, 0) is 6.08 Å². The van der Waals surface area contributed by atoms with Crippen LogP contribution < -0.4 is 11.5 Å². The number of nitrogens with two attached hydrogens (primary N) is 2. The molecule has 4 nitrogen and oxygen atoms in total. The van der Waals surface area contributed by atoms with Crippen molar-refractivity contribution in [3.63, 3.8) is 0 Å². The van der Waals surface area contributed by atoms with Crippen LogP contribution in [-0.4, -0.2) is 12.1 Å². The van der Waals surface area contributed by atoms with E-state index in [1.807, 2.05) is 18.2 Å². The molecular weight excluding hydrogens is 154 g/mol. The van der Waals surface area contributed by atoms with E-state index in [-0.39, 0.29) is 12.1 Å². The van der Waals surface area contributed by atoms with Crippen LogP contribution in [0.1, 0.15) is 0 Å². The Labute approximate surface area is 69.9 Å². The van der Waals surface area contributed by atoms with Crippen LogP contribution in [0.5, 0.6) is 0 Å². The number of allylic oxidation sites excluding steroid dienone is 2. The van der Waals surface area contributed by atoms with Gasteiger partial charge in [0, 0.05) is 11.3 Å². The smallest absolute Gasteiger partial charge is 0.287 e. The SMILES string of the molecule is NC1=CC=CC2N=C(N)OC=C12. The van der Waals surface area contributed by atoms with Crippen molar-refractivity contribution in [2.75, 3.05) is 0 Å². The molecule has 0 aromatic carbocycles. The third-order valence-electron chi connectivity index (χ3n) is 1.79. The molecule has 1 heterocycles. The summed E-state index contributed by atoms with van der Waals surface area (Å²) in [6.07, 6.45) is 7.13. The normalized spacial score (nSPS) is 26.3.